The van der Waals surface area contributed by atoms with Crippen LogP contribution in [0.25, 0.3) is 22.2 Å². The highest BCUT2D eigenvalue weighted by Crippen LogP contribution is 2.35. The number of piperazine rings is 1. The van der Waals surface area contributed by atoms with Gasteiger partial charge in [-0.05, 0) is 69.3 Å². The molecular formula is C32H46N8O. The molecule has 2 N–H and O–H groups in total. The highest BCUT2D eigenvalue weighted by Gasteiger charge is 2.27. The lowest BCUT2D eigenvalue weighted by atomic mass is 9.98. The number of nitrogens with zero attached hydrogens (tertiary/aromatic N) is 6. The van der Waals surface area contributed by atoms with Gasteiger partial charge in [0.25, 0.3) is 0 Å². The molecule has 3 aromatic rings. The first kappa shape index (κ1) is 28.1. The molecule has 0 radical (unpaired) electrons. The third-order valence-corrected chi connectivity index (χ3v) is 9.27. The number of ether oxygens (including phenoxy) is 1. The van der Waals surface area contributed by atoms with Crippen LogP contribution in [0, 0.1) is 6.92 Å². The topological polar surface area (TPSA) is 81.7 Å². The smallest absolute Gasteiger partial charge is 0.153 e. The number of nitrogens with one attached hydrogen (secondary N) is 2. The van der Waals surface area contributed by atoms with Crippen molar-refractivity contribution in [1.82, 2.24) is 24.8 Å². The maximum atomic E-state index is 5.57. The van der Waals surface area contributed by atoms with Crippen LogP contribution in [-0.4, -0.2) is 103 Å². The molecule has 0 saturated carbocycles. The van der Waals surface area contributed by atoms with Crippen molar-refractivity contribution in [3.8, 4) is 11.1 Å². The van der Waals surface area contributed by atoms with Gasteiger partial charge in [-0.3, -0.25) is 4.90 Å². The van der Waals surface area contributed by atoms with Gasteiger partial charge in [-0.25, -0.2) is 15.0 Å². The summed E-state index contributed by atoms with van der Waals surface area (Å²) < 4.78 is 5.57. The molecule has 0 amide bonds. The first-order valence-electron chi connectivity index (χ1n) is 15.5. The number of likely N-dealkylation sites (N-methyl/N-ethyl adjacent to an activating group) is 1. The molecule has 0 aliphatic carbocycles. The third-order valence-electron chi connectivity index (χ3n) is 9.27. The van der Waals surface area contributed by atoms with E-state index in [1.807, 2.05) is 13.2 Å². The number of aryl methyl sites for hydroxylation is 2. The second kappa shape index (κ2) is 12.5. The number of aromatic nitrogens is 3. The summed E-state index contributed by atoms with van der Waals surface area (Å²) in [7, 11) is 4.13. The average Bonchev–Trinajstić information content (AvgIpc) is 3.01. The van der Waals surface area contributed by atoms with E-state index in [-0.39, 0.29) is 0 Å². The Morgan fingerprint density at radius 3 is 2.37 bits per heavy atom. The summed E-state index contributed by atoms with van der Waals surface area (Å²) in [4.78, 5) is 22.8. The molecule has 0 atom stereocenters. The highest BCUT2D eigenvalue weighted by atomic mass is 16.5. The van der Waals surface area contributed by atoms with Crippen LogP contribution in [0.15, 0.2) is 24.4 Å². The molecular weight excluding hydrogens is 512 g/mol. The van der Waals surface area contributed by atoms with E-state index in [9.17, 15) is 0 Å². The minimum Gasteiger partial charge on any atom is -0.381 e. The number of piperidine rings is 1. The SMILES string of the molecule is CCc1nc2c(NC)ncc(-c3ccc(N4CCC(N5CCN(C)CC5)CC4)c(C)c3)c2nc1NC1CCOCC1. The molecule has 3 saturated heterocycles. The molecule has 5 heterocycles. The molecule has 0 spiro atoms. The van der Waals surface area contributed by atoms with Gasteiger partial charge in [-0.2, -0.15) is 0 Å². The van der Waals surface area contributed by atoms with Gasteiger partial charge >= 0.3 is 0 Å². The fourth-order valence-electron chi connectivity index (χ4n) is 6.70. The van der Waals surface area contributed by atoms with Gasteiger partial charge in [0.1, 0.15) is 16.9 Å². The standard InChI is InChI=1S/C32H46N8O/c1-5-27-31(35-24-10-18-41-19-11-24)37-29-26(21-34-32(33-3)30(29)36-27)23-6-7-28(22(2)20-23)40-12-8-25(9-13-40)39-16-14-38(4)15-17-39/h6-7,20-21,24-25H,5,8-19H2,1-4H3,(H,33,34)(H,35,37). The zero-order valence-corrected chi connectivity index (χ0v) is 25.2. The summed E-state index contributed by atoms with van der Waals surface area (Å²) in [5.74, 6) is 1.65. The van der Waals surface area contributed by atoms with Gasteiger partial charge in [-0.15, -0.1) is 0 Å². The number of anilines is 3. The molecule has 9 nitrogen and oxygen atoms in total. The number of fused-ring (bicyclic) bond motifs is 1. The summed E-state index contributed by atoms with van der Waals surface area (Å²) >= 11 is 0. The number of hydrogen-bond acceptors (Lipinski definition) is 9. The van der Waals surface area contributed by atoms with Gasteiger partial charge in [0.2, 0.25) is 0 Å². The monoisotopic (exact) mass is 558 g/mol. The number of rotatable bonds is 7. The van der Waals surface area contributed by atoms with E-state index in [1.54, 1.807) is 0 Å². The van der Waals surface area contributed by atoms with Crippen LogP contribution in [0.3, 0.4) is 0 Å². The molecule has 3 fully saturated rings. The fraction of sp³-hybridized carbons (Fsp3) is 0.594. The lowest BCUT2D eigenvalue weighted by Gasteiger charge is -2.43. The Labute approximate surface area is 244 Å². The van der Waals surface area contributed by atoms with Crippen molar-refractivity contribution >= 4 is 28.4 Å². The Morgan fingerprint density at radius 2 is 1.68 bits per heavy atom. The van der Waals surface area contributed by atoms with E-state index in [2.05, 4.69) is 64.4 Å². The Bertz CT molecular complexity index is 1340. The quantitative estimate of drug-likeness (QED) is 0.438. The van der Waals surface area contributed by atoms with Gasteiger partial charge in [-0.1, -0.05) is 13.0 Å². The lowest BCUT2D eigenvalue weighted by molar-refractivity contribution is 0.0903. The van der Waals surface area contributed by atoms with Gasteiger partial charge in [0.15, 0.2) is 5.82 Å². The van der Waals surface area contributed by atoms with Crippen LogP contribution in [0.1, 0.15) is 43.9 Å². The van der Waals surface area contributed by atoms with Gasteiger partial charge in [0, 0.05) is 89.1 Å². The Balaban J connectivity index is 1.25. The van der Waals surface area contributed by atoms with Crippen LogP contribution < -0.4 is 15.5 Å². The fourth-order valence-corrected chi connectivity index (χ4v) is 6.70. The largest absolute Gasteiger partial charge is 0.381 e. The van der Waals surface area contributed by atoms with E-state index >= 15 is 0 Å². The molecule has 41 heavy (non-hydrogen) atoms. The Hall–Kier alpha value is -3.01. The van der Waals surface area contributed by atoms with Crippen molar-refractivity contribution in [3.05, 3.63) is 35.7 Å². The zero-order chi connectivity index (χ0) is 28.3. The van der Waals surface area contributed by atoms with Crippen molar-refractivity contribution in [2.75, 3.05) is 82.1 Å². The maximum absolute atomic E-state index is 5.57. The van der Waals surface area contributed by atoms with Crippen LogP contribution in [-0.2, 0) is 11.2 Å². The average molecular weight is 559 g/mol. The summed E-state index contributed by atoms with van der Waals surface area (Å²) in [5, 5.41) is 6.93. The van der Waals surface area contributed by atoms with Crippen LogP contribution in [0.2, 0.25) is 0 Å². The number of hydrogen-bond donors (Lipinski definition) is 2. The van der Waals surface area contributed by atoms with Crippen molar-refractivity contribution in [2.45, 2.75) is 58.0 Å². The predicted molar refractivity (Wildman–Crippen MR) is 168 cm³/mol. The van der Waals surface area contributed by atoms with Gasteiger partial charge in [0.05, 0.1) is 5.69 Å². The van der Waals surface area contributed by atoms with Crippen molar-refractivity contribution < 1.29 is 4.74 Å². The molecule has 0 unspecified atom stereocenters. The summed E-state index contributed by atoms with van der Waals surface area (Å²) in [6.45, 7) is 13.0. The molecule has 3 aliphatic heterocycles. The summed E-state index contributed by atoms with van der Waals surface area (Å²) in [6.07, 6.45) is 7.21. The minimum atomic E-state index is 0.358. The van der Waals surface area contributed by atoms with Crippen LogP contribution in [0.4, 0.5) is 17.3 Å². The van der Waals surface area contributed by atoms with E-state index in [0.717, 1.165) is 91.1 Å². The number of pyridine rings is 1. The third kappa shape index (κ3) is 5.98. The molecule has 0 bridgehead atoms. The van der Waals surface area contributed by atoms with Crippen molar-refractivity contribution in [2.24, 2.45) is 0 Å². The zero-order valence-electron chi connectivity index (χ0n) is 25.2. The van der Waals surface area contributed by atoms with Crippen molar-refractivity contribution in [3.63, 3.8) is 0 Å². The molecule has 6 rings (SSSR count). The van der Waals surface area contributed by atoms with E-state index in [4.69, 9.17) is 19.7 Å². The molecule has 220 valence electrons. The van der Waals surface area contributed by atoms with E-state index < -0.39 is 0 Å². The molecule has 9 heteroatoms. The Morgan fingerprint density at radius 1 is 0.927 bits per heavy atom. The minimum absolute atomic E-state index is 0.358. The second-order valence-electron chi connectivity index (χ2n) is 11.9. The van der Waals surface area contributed by atoms with Crippen LogP contribution in [0.5, 0.6) is 0 Å². The lowest BCUT2D eigenvalue weighted by Crippen LogP contribution is -2.52. The van der Waals surface area contributed by atoms with E-state index in [1.165, 1.54) is 50.3 Å². The first-order chi connectivity index (χ1) is 20.0. The molecule has 3 aliphatic rings. The Kier molecular flexibility index (Phi) is 8.55. The normalized spacial score (nSPS) is 20.0. The number of benzene rings is 1. The van der Waals surface area contributed by atoms with Gasteiger partial charge < -0.3 is 25.2 Å². The second-order valence-corrected chi connectivity index (χ2v) is 11.9. The molecule has 1 aromatic carbocycles. The summed E-state index contributed by atoms with van der Waals surface area (Å²) in [6, 6.07) is 7.92. The molecule has 2 aromatic heterocycles. The van der Waals surface area contributed by atoms with E-state index in [0.29, 0.717) is 6.04 Å². The van der Waals surface area contributed by atoms with Crippen molar-refractivity contribution in [1.29, 1.82) is 0 Å². The predicted octanol–water partition coefficient (Wildman–Crippen LogP) is 4.41. The first-order valence-corrected chi connectivity index (χ1v) is 15.5. The summed E-state index contributed by atoms with van der Waals surface area (Å²) in [5.41, 5.74) is 7.48. The van der Waals surface area contributed by atoms with Crippen LogP contribution >= 0.6 is 0 Å². The highest BCUT2D eigenvalue weighted by molar-refractivity contribution is 5.97. The maximum Gasteiger partial charge on any atom is 0.153 e.